The van der Waals surface area contributed by atoms with Crippen LogP contribution in [0.5, 0.6) is 0 Å². The van der Waals surface area contributed by atoms with Crippen LogP contribution >= 0.6 is 0 Å². The quantitative estimate of drug-likeness (QED) is 0.802. The molecule has 3 rings (SSSR count). The average molecular weight is 297 g/mol. The van der Waals surface area contributed by atoms with Gasteiger partial charge in [0.1, 0.15) is 6.61 Å². The molecule has 0 aromatic heterocycles. The van der Waals surface area contributed by atoms with Crippen LogP contribution in [0.3, 0.4) is 0 Å². The van der Waals surface area contributed by atoms with Crippen LogP contribution in [0.2, 0.25) is 0 Å². The third kappa shape index (κ3) is 3.86. The lowest BCUT2D eigenvalue weighted by Crippen LogP contribution is -2.29. The molecule has 0 spiro atoms. The fourth-order valence-corrected chi connectivity index (χ4v) is 3.03. The van der Waals surface area contributed by atoms with Crippen LogP contribution < -0.4 is 0 Å². The molecule has 2 aromatic carbocycles. The summed E-state index contributed by atoms with van der Waals surface area (Å²) in [6.07, 6.45) is 5.18. The molecule has 1 aliphatic heterocycles. The molecule has 22 heavy (non-hydrogen) atoms. The Balaban J connectivity index is 1.54. The molecule has 0 saturated carbocycles. The number of hydrogen-bond acceptors (Lipinski definition) is 3. The first kappa shape index (κ1) is 15.0. The minimum atomic E-state index is -0.222. The molecule has 1 fully saturated rings. The summed E-state index contributed by atoms with van der Waals surface area (Å²) in [5.41, 5.74) is 0.634. The predicted octanol–water partition coefficient (Wildman–Crippen LogP) is 3.87. The van der Waals surface area contributed by atoms with Crippen LogP contribution in [-0.4, -0.2) is 37.1 Å². The van der Waals surface area contributed by atoms with Gasteiger partial charge in [0.2, 0.25) is 0 Å². The highest BCUT2D eigenvalue weighted by molar-refractivity contribution is 5.95. The first-order valence-electron chi connectivity index (χ1n) is 8.21. The van der Waals surface area contributed by atoms with Gasteiger partial charge in [-0.25, -0.2) is 4.79 Å². The fourth-order valence-electron chi connectivity index (χ4n) is 3.03. The van der Waals surface area contributed by atoms with Crippen molar-refractivity contribution in [3.63, 3.8) is 0 Å². The summed E-state index contributed by atoms with van der Waals surface area (Å²) in [6, 6.07) is 13.8. The molecule has 0 amide bonds. The topological polar surface area (TPSA) is 29.5 Å². The van der Waals surface area contributed by atoms with Crippen molar-refractivity contribution >= 4 is 16.7 Å². The zero-order chi connectivity index (χ0) is 15.2. The molecule has 0 atom stereocenters. The molecule has 116 valence electrons. The van der Waals surface area contributed by atoms with Crippen LogP contribution in [0.25, 0.3) is 10.8 Å². The Morgan fingerprint density at radius 1 is 0.955 bits per heavy atom. The summed E-state index contributed by atoms with van der Waals surface area (Å²) in [5, 5.41) is 2.22. The van der Waals surface area contributed by atoms with E-state index in [1.165, 1.54) is 25.7 Å². The first-order chi connectivity index (χ1) is 10.8. The molecular formula is C19H23NO2. The van der Waals surface area contributed by atoms with E-state index >= 15 is 0 Å². The zero-order valence-corrected chi connectivity index (χ0v) is 13.0. The van der Waals surface area contributed by atoms with Crippen molar-refractivity contribution in [2.75, 3.05) is 26.2 Å². The number of carbonyl (C=O) groups excluding carboxylic acids is 1. The van der Waals surface area contributed by atoms with E-state index in [0.29, 0.717) is 12.2 Å². The highest BCUT2D eigenvalue weighted by Gasteiger charge is 2.11. The van der Waals surface area contributed by atoms with Crippen molar-refractivity contribution in [2.45, 2.75) is 25.7 Å². The van der Waals surface area contributed by atoms with Crippen molar-refractivity contribution in [3.8, 4) is 0 Å². The third-order valence-corrected chi connectivity index (χ3v) is 4.32. The third-order valence-electron chi connectivity index (χ3n) is 4.32. The number of benzene rings is 2. The Bertz CT molecular complexity index is 630. The van der Waals surface area contributed by atoms with Crippen molar-refractivity contribution in [3.05, 3.63) is 48.0 Å². The van der Waals surface area contributed by atoms with Crippen LogP contribution in [0.1, 0.15) is 36.0 Å². The van der Waals surface area contributed by atoms with Crippen molar-refractivity contribution in [1.82, 2.24) is 4.90 Å². The van der Waals surface area contributed by atoms with Crippen molar-refractivity contribution < 1.29 is 9.53 Å². The van der Waals surface area contributed by atoms with Gasteiger partial charge in [-0.05, 0) is 48.8 Å². The number of fused-ring (bicyclic) bond motifs is 1. The summed E-state index contributed by atoms with van der Waals surface area (Å²) < 4.78 is 5.44. The van der Waals surface area contributed by atoms with Gasteiger partial charge < -0.3 is 4.74 Å². The minimum absolute atomic E-state index is 0.222. The number of ether oxygens (including phenoxy) is 1. The van der Waals surface area contributed by atoms with Crippen LogP contribution in [0, 0.1) is 0 Å². The number of nitrogens with zero attached hydrogens (tertiary/aromatic N) is 1. The lowest BCUT2D eigenvalue weighted by molar-refractivity contribution is 0.0463. The molecule has 0 radical (unpaired) electrons. The lowest BCUT2D eigenvalue weighted by Gasteiger charge is -2.19. The van der Waals surface area contributed by atoms with E-state index in [-0.39, 0.29) is 5.97 Å². The Labute approximate surface area is 131 Å². The highest BCUT2D eigenvalue weighted by Crippen LogP contribution is 2.16. The van der Waals surface area contributed by atoms with E-state index in [1.807, 2.05) is 42.5 Å². The maximum absolute atomic E-state index is 12.2. The monoisotopic (exact) mass is 297 g/mol. The first-order valence-corrected chi connectivity index (χ1v) is 8.21. The molecule has 0 unspecified atom stereocenters. The lowest BCUT2D eigenvalue weighted by atomic mass is 10.1. The molecule has 3 nitrogen and oxygen atoms in total. The largest absolute Gasteiger partial charge is 0.461 e. The highest BCUT2D eigenvalue weighted by atomic mass is 16.5. The molecule has 1 saturated heterocycles. The molecule has 0 bridgehead atoms. The van der Waals surface area contributed by atoms with E-state index in [2.05, 4.69) is 4.90 Å². The Morgan fingerprint density at radius 2 is 1.68 bits per heavy atom. The van der Waals surface area contributed by atoms with Gasteiger partial charge in [-0.1, -0.05) is 43.2 Å². The number of rotatable bonds is 4. The van der Waals surface area contributed by atoms with E-state index in [4.69, 9.17) is 4.74 Å². The summed E-state index contributed by atoms with van der Waals surface area (Å²) in [4.78, 5) is 14.6. The fraction of sp³-hybridized carbons (Fsp3) is 0.421. The SMILES string of the molecule is O=C(OCCN1CCCCCC1)c1ccc2ccccc2c1. The molecule has 2 aromatic rings. The second-order valence-electron chi connectivity index (χ2n) is 5.95. The van der Waals surface area contributed by atoms with Crippen LogP contribution in [0.4, 0.5) is 0 Å². The summed E-state index contributed by atoms with van der Waals surface area (Å²) in [7, 11) is 0. The maximum atomic E-state index is 12.2. The second-order valence-corrected chi connectivity index (χ2v) is 5.95. The van der Waals surface area contributed by atoms with Gasteiger partial charge in [-0.15, -0.1) is 0 Å². The van der Waals surface area contributed by atoms with Gasteiger partial charge in [0.15, 0.2) is 0 Å². The molecule has 0 aliphatic carbocycles. The van der Waals surface area contributed by atoms with Crippen molar-refractivity contribution in [2.24, 2.45) is 0 Å². The molecule has 1 aliphatic rings. The van der Waals surface area contributed by atoms with E-state index in [0.717, 1.165) is 30.4 Å². The summed E-state index contributed by atoms with van der Waals surface area (Å²) in [5.74, 6) is -0.222. The minimum Gasteiger partial charge on any atom is -0.461 e. The van der Waals surface area contributed by atoms with Gasteiger partial charge in [-0.2, -0.15) is 0 Å². The normalized spacial score (nSPS) is 16.4. The van der Waals surface area contributed by atoms with Gasteiger partial charge in [0.25, 0.3) is 0 Å². The molecule has 3 heteroatoms. The van der Waals surface area contributed by atoms with Gasteiger partial charge >= 0.3 is 5.97 Å². The van der Waals surface area contributed by atoms with E-state index in [9.17, 15) is 4.79 Å². The zero-order valence-electron chi connectivity index (χ0n) is 13.0. The number of esters is 1. The van der Waals surface area contributed by atoms with Gasteiger partial charge in [-0.3, -0.25) is 4.90 Å². The maximum Gasteiger partial charge on any atom is 0.338 e. The van der Waals surface area contributed by atoms with E-state index in [1.54, 1.807) is 0 Å². The van der Waals surface area contributed by atoms with Crippen LogP contribution in [-0.2, 0) is 4.74 Å². The average Bonchev–Trinajstić information content (AvgIpc) is 2.83. The Morgan fingerprint density at radius 3 is 2.45 bits per heavy atom. The van der Waals surface area contributed by atoms with E-state index < -0.39 is 0 Å². The number of hydrogen-bond donors (Lipinski definition) is 0. The number of carbonyl (C=O) groups is 1. The standard InChI is InChI=1S/C19H23NO2/c21-19(22-14-13-20-11-5-1-2-6-12-20)18-10-9-16-7-3-4-8-17(16)15-18/h3-4,7-10,15H,1-2,5-6,11-14H2. The molecular weight excluding hydrogens is 274 g/mol. The summed E-state index contributed by atoms with van der Waals surface area (Å²) in [6.45, 7) is 3.59. The predicted molar refractivity (Wildman–Crippen MR) is 89.1 cm³/mol. The second kappa shape index (κ2) is 7.41. The number of likely N-dealkylation sites (tertiary alicyclic amines) is 1. The van der Waals surface area contributed by atoms with Crippen molar-refractivity contribution in [1.29, 1.82) is 0 Å². The summed E-state index contributed by atoms with van der Waals surface area (Å²) >= 11 is 0. The van der Waals surface area contributed by atoms with Gasteiger partial charge in [0.05, 0.1) is 5.56 Å². The molecule has 0 N–H and O–H groups in total. The Hall–Kier alpha value is -1.87. The Kier molecular flexibility index (Phi) is 5.07. The van der Waals surface area contributed by atoms with Crippen LogP contribution in [0.15, 0.2) is 42.5 Å². The molecule has 1 heterocycles. The smallest absolute Gasteiger partial charge is 0.338 e. The van der Waals surface area contributed by atoms with Gasteiger partial charge in [0, 0.05) is 6.54 Å².